The number of rotatable bonds is 2. The lowest BCUT2D eigenvalue weighted by atomic mass is 9.88. The number of carbonyl (C=O) groups excluding carboxylic acids is 1. The lowest BCUT2D eigenvalue weighted by molar-refractivity contribution is -0.133. The predicted octanol–water partition coefficient (Wildman–Crippen LogP) is 1.88. The van der Waals surface area contributed by atoms with E-state index in [1.807, 2.05) is 4.90 Å². The summed E-state index contributed by atoms with van der Waals surface area (Å²) in [5.41, 5.74) is 2.05. The maximum absolute atomic E-state index is 12.3. The van der Waals surface area contributed by atoms with Crippen LogP contribution in [0.15, 0.2) is 11.1 Å². The first-order valence-corrected chi connectivity index (χ1v) is 6.76. The zero-order valence-electron chi connectivity index (χ0n) is 11.2. The van der Waals surface area contributed by atoms with Gasteiger partial charge in [0.25, 0.3) is 0 Å². The Labute approximate surface area is 108 Å². The van der Waals surface area contributed by atoms with Crippen LogP contribution in [-0.2, 0) is 4.79 Å². The van der Waals surface area contributed by atoms with Crippen LogP contribution in [0.5, 0.6) is 0 Å². The molecule has 1 heterocycles. The Bertz CT molecular complexity index is 401. The highest BCUT2D eigenvalue weighted by atomic mass is 16.3. The molecule has 1 amide bonds. The van der Waals surface area contributed by atoms with E-state index in [0.717, 1.165) is 37.7 Å². The molecule has 100 valence electrons. The molecule has 0 saturated heterocycles. The van der Waals surface area contributed by atoms with Crippen molar-refractivity contribution in [3.63, 3.8) is 0 Å². The van der Waals surface area contributed by atoms with Crippen molar-refractivity contribution in [3.8, 4) is 0 Å². The highest BCUT2D eigenvalue weighted by molar-refractivity contribution is 6.06. The fourth-order valence-electron chi connectivity index (χ4n) is 3.11. The van der Waals surface area contributed by atoms with Gasteiger partial charge in [-0.05, 0) is 38.7 Å². The average Bonchev–Trinajstić information content (AvgIpc) is 2.33. The second-order valence-corrected chi connectivity index (χ2v) is 5.40. The summed E-state index contributed by atoms with van der Waals surface area (Å²) in [7, 11) is 0. The molecular formula is C14H22N2O2. The smallest absolute Gasteiger partial charge is 0.250 e. The van der Waals surface area contributed by atoms with E-state index in [0.29, 0.717) is 17.8 Å². The van der Waals surface area contributed by atoms with E-state index in [9.17, 15) is 9.90 Å². The molecule has 0 spiro atoms. The summed E-state index contributed by atoms with van der Waals surface area (Å²) in [5, 5.41) is 17.7. The van der Waals surface area contributed by atoms with Crippen LogP contribution in [0.1, 0.15) is 46.0 Å². The summed E-state index contributed by atoms with van der Waals surface area (Å²) >= 11 is 0. The third-order valence-corrected chi connectivity index (χ3v) is 4.18. The minimum atomic E-state index is -0.377. The molecule has 1 saturated carbocycles. The summed E-state index contributed by atoms with van der Waals surface area (Å²) in [6, 6.07) is -0.0196. The highest BCUT2D eigenvalue weighted by Gasteiger charge is 2.35. The number of hydrogen-bond acceptors (Lipinski definition) is 3. The third-order valence-electron chi connectivity index (χ3n) is 4.18. The summed E-state index contributed by atoms with van der Waals surface area (Å²) in [5.74, 6) is 0.00815. The number of aliphatic hydroxyl groups excluding tert-OH is 1. The molecule has 4 heteroatoms. The van der Waals surface area contributed by atoms with Crippen molar-refractivity contribution in [2.75, 3.05) is 6.54 Å². The van der Waals surface area contributed by atoms with Crippen LogP contribution >= 0.6 is 0 Å². The van der Waals surface area contributed by atoms with Gasteiger partial charge in [-0.3, -0.25) is 4.79 Å². The minimum absolute atomic E-state index is 0.00815. The first kappa shape index (κ1) is 13.3. The van der Waals surface area contributed by atoms with Crippen LogP contribution in [0.3, 0.4) is 0 Å². The number of carbonyl (C=O) groups is 1. The topological polar surface area (TPSA) is 64.4 Å². The van der Waals surface area contributed by atoms with Gasteiger partial charge in [0, 0.05) is 17.8 Å². The van der Waals surface area contributed by atoms with Gasteiger partial charge in [-0.1, -0.05) is 12.8 Å². The monoisotopic (exact) mass is 250 g/mol. The van der Waals surface area contributed by atoms with Crippen LogP contribution in [0.25, 0.3) is 0 Å². The van der Waals surface area contributed by atoms with E-state index in [2.05, 4.69) is 0 Å². The molecule has 4 nitrogen and oxygen atoms in total. The van der Waals surface area contributed by atoms with Crippen molar-refractivity contribution in [3.05, 3.63) is 11.1 Å². The van der Waals surface area contributed by atoms with E-state index >= 15 is 0 Å². The van der Waals surface area contributed by atoms with Crippen LogP contribution in [0.4, 0.5) is 0 Å². The van der Waals surface area contributed by atoms with Gasteiger partial charge in [-0.2, -0.15) is 0 Å². The molecule has 0 aromatic carbocycles. The first-order chi connectivity index (χ1) is 8.52. The van der Waals surface area contributed by atoms with Gasteiger partial charge >= 0.3 is 0 Å². The van der Waals surface area contributed by atoms with E-state index in [1.54, 1.807) is 13.8 Å². The second kappa shape index (κ2) is 5.22. The standard InChI is InChI=1S/C14H22N2O2/c1-9-11(10(2)15)7-8-16(14(9)18)12-5-3-4-6-13(12)17/h12-13,15,17H,3-8H2,1-2H3/t12-,13-/m0/s1. The normalized spacial score (nSPS) is 29.7. The maximum atomic E-state index is 12.3. The van der Waals surface area contributed by atoms with Crippen molar-refractivity contribution in [2.24, 2.45) is 0 Å². The Morgan fingerprint density at radius 2 is 2.06 bits per heavy atom. The summed E-state index contributed by atoms with van der Waals surface area (Å²) in [6.07, 6.45) is 4.21. The van der Waals surface area contributed by atoms with Crippen molar-refractivity contribution < 1.29 is 9.90 Å². The summed E-state index contributed by atoms with van der Waals surface area (Å²) in [4.78, 5) is 14.2. The fourth-order valence-corrected chi connectivity index (χ4v) is 3.11. The fraction of sp³-hybridized carbons (Fsp3) is 0.714. The highest BCUT2D eigenvalue weighted by Crippen LogP contribution is 2.28. The lowest BCUT2D eigenvalue weighted by Gasteiger charge is -2.40. The number of nitrogens with zero attached hydrogens (tertiary/aromatic N) is 1. The first-order valence-electron chi connectivity index (χ1n) is 6.76. The van der Waals surface area contributed by atoms with Crippen molar-refractivity contribution in [1.82, 2.24) is 4.90 Å². The summed E-state index contributed by atoms with van der Waals surface area (Å²) in [6.45, 7) is 4.18. The molecule has 2 rings (SSSR count). The lowest BCUT2D eigenvalue weighted by Crippen LogP contribution is -2.51. The Kier molecular flexibility index (Phi) is 3.85. The molecule has 1 aliphatic heterocycles. The van der Waals surface area contributed by atoms with E-state index in [-0.39, 0.29) is 18.1 Å². The average molecular weight is 250 g/mol. The zero-order chi connectivity index (χ0) is 13.3. The second-order valence-electron chi connectivity index (χ2n) is 5.40. The van der Waals surface area contributed by atoms with Crippen LogP contribution in [0.2, 0.25) is 0 Å². The van der Waals surface area contributed by atoms with Gasteiger partial charge in [0.2, 0.25) is 5.91 Å². The summed E-state index contributed by atoms with van der Waals surface area (Å²) < 4.78 is 0. The van der Waals surface area contributed by atoms with E-state index < -0.39 is 0 Å². The molecule has 0 radical (unpaired) electrons. The molecular weight excluding hydrogens is 228 g/mol. The number of aliphatic hydroxyl groups is 1. The quantitative estimate of drug-likeness (QED) is 0.735. The number of nitrogens with one attached hydrogen (secondary N) is 1. The van der Waals surface area contributed by atoms with Gasteiger partial charge < -0.3 is 15.4 Å². The maximum Gasteiger partial charge on any atom is 0.250 e. The predicted molar refractivity (Wildman–Crippen MR) is 70.7 cm³/mol. The van der Waals surface area contributed by atoms with Gasteiger partial charge in [-0.15, -0.1) is 0 Å². The number of hydrogen-bond donors (Lipinski definition) is 2. The molecule has 1 aliphatic carbocycles. The molecule has 0 aromatic heterocycles. The Hall–Kier alpha value is -1.16. The van der Waals surface area contributed by atoms with Gasteiger partial charge in [-0.25, -0.2) is 0 Å². The van der Waals surface area contributed by atoms with E-state index in [1.165, 1.54) is 0 Å². The molecule has 2 N–H and O–H groups in total. The van der Waals surface area contributed by atoms with Gasteiger partial charge in [0.15, 0.2) is 0 Å². The minimum Gasteiger partial charge on any atom is -0.391 e. The SMILES string of the molecule is CC(=N)C1=C(C)C(=O)N([C@H]2CCCC[C@@H]2O)CC1. The Morgan fingerprint density at radius 1 is 1.39 bits per heavy atom. The van der Waals surface area contributed by atoms with Crippen LogP contribution in [-0.4, -0.2) is 40.3 Å². The molecule has 0 aromatic rings. The van der Waals surface area contributed by atoms with E-state index in [4.69, 9.17) is 5.41 Å². The third kappa shape index (κ3) is 2.34. The molecule has 2 aliphatic rings. The van der Waals surface area contributed by atoms with Gasteiger partial charge in [0.1, 0.15) is 0 Å². The molecule has 0 unspecified atom stereocenters. The largest absolute Gasteiger partial charge is 0.391 e. The zero-order valence-corrected chi connectivity index (χ0v) is 11.2. The molecule has 0 bridgehead atoms. The van der Waals surface area contributed by atoms with Crippen molar-refractivity contribution >= 4 is 11.6 Å². The van der Waals surface area contributed by atoms with Crippen molar-refractivity contribution in [2.45, 2.75) is 58.1 Å². The Balaban J connectivity index is 2.18. The Morgan fingerprint density at radius 3 is 2.67 bits per heavy atom. The molecule has 1 fully saturated rings. The van der Waals surface area contributed by atoms with Crippen LogP contribution in [0, 0.1) is 5.41 Å². The van der Waals surface area contributed by atoms with Crippen LogP contribution < -0.4 is 0 Å². The van der Waals surface area contributed by atoms with Crippen molar-refractivity contribution in [1.29, 1.82) is 5.41 Å². The number of amides is 1. The van der Waals surface area contributed by atoms with Gasteiger partial charge in [0.05, 0.1) is 12.1 Å². The molecule has 18 heavy (non-hydrogen) atoms. The molecule has 2 atom stereocenters.